The van der Waals surface area contributed by atoms with Crippen molar-refractivity contribution in [2.24, 2.45) is 0 Å². The first kappa shape index (κ1) is 12.1. The van der Waals surface area contributed by atoms with E-state index in [9.17, 15) is 0 Å². The summed E-state index contributed by atoms with van der Waals surface area (Å²) in [6.45, 7) is 7.08. The van der Waals surface area contributed by atoms with Crippen molar-refractivity contribution in [1.82, 2.24) is 20.2 Å². The first-order valence-corrected chi connectivity index (χ1v) is 6.93. The van der Waals surface area contributed by atoms with Gasteiger partial charge in [0.1, 0.15) is 0 Å². The number of imidazole rings is 1. The smallest absolute Gasteiger partial charge is 0.0925 e. The second-order valence-corrected chi connectivity index (χ2v) is 5.24. The molecule has 2 atom stereocenters. The lowest BCUT2D eigenvalue weighted by molar-refractivity contribution is -0.0129. The molecule has 100 valence electrons. The van der Waals surface area contributed by atoms with E-state index in [2.05, 4.69) is 27.1 Å². The van der Waals surface area contributed by atoms with E-state index >= 15 is 0 Å². The Balaban J connectivity index is 1.60. The van der Waals surface area contributed by atoms with E-state index in [0.29, 0.717) is 12.1 Å². The third-order valence-corrected chi connectivity index (χ3v) is 4.09. The highest BCUT2D eigenvalue weighted by Crippen LogP contribution is 2.16. The van der Waals surface area contributed by atoms with Crippen LogP contribution in [0.25, 0.3) is 0 Å². The summed E-state index contributed by atoms with van der Waals surface area (Å²) in [5.41, 5.74) is 2.49. The summed E-state index contributed by atoms with van der Waals surface area (Å²) in [4.78, 5) is 10.2. The first-order chi connectivity index (χ1) is 8.86. The summed E-state index contributed by atoms with van der Waals surface area (Å²) in [7, 11) is 0. The molecular weight excluding hydrogens is 228 g/mol. The molecule has 2 unspecified atom stereocenters. The molecule has 0 radical (unpaired) electrons. The van der Waals surface area contributed by atoms with Crippen LogP contribution in [0, 0.1) is 0 Å². The molecule has 1 fully saturated rings. The molecule has 0 aliphatic carbocycles. The van der Waals surface area contributed by atoms with E-state index in [1.165, 1.54) is 17.8 Å². The Bertz CT molecular complexity index is 392. The topological polar surface area (TPSA) is 53.2 Å². The third kappa shape index (κ3) is 2.43. The molecule has 3 rings (SSSR count). The number of aromatic nitrogens is 2. The molecule has 2 N–H and O–H groups in total. The van der Waals surface area contributed by atoms with Crippen LogP contribution < -0.4 is 5.32 Å². The molecule has 0 saturated carbocycles. The molecular formula is C13H22N4O. The summed E-state index contributed by atoms with van der Waals surface area (Å²) in [5, 5.41) is 3.60. The van der Waals surface area contributed by atoms with Crippen molar-refractivity contribution in [3.8, 4) is 0 Å². The minimum Gasteiger partial charge on any atom is -0.378 e. The van der Waals surface area contributed by atoms with Gasteiger partial charge in [0.2, 0.25) is 0 Å². The van der Waals surface area contributed by atoms with Gasteiger partial charge in [-0.2, -0.15) is 0 Å². The highest BCUT2D eigenvalue weighted by atomic mass is 16.5. The predicted octanol–water partition coefficient (Wildman–Crippen LogP) is 0.535. The summed E-state index contributed by atoms with van der Waals surface area (Å²) in [6, 6.07) is 1.11. The van der Waals surface area contributed by atoms with Gasteiger partial charge < -0.3 is 15.0 Å². The first-order valence-electron chi connectivity index (χ1n) is 6.93. The Morgan fingerprint density at radius 3 is 3.39 bits per heavy atom. The Labute approximate surface area is 108 Å². The fourth-order valence-corrected chi connectivity index (χ4v) is 2.95. The highest BCUT2D eigenvalue weighted by molar-refractivity contribution is 5.16. The largest absolute Gasteiger partial charge is 0.378 e. The van der Waals surface area contributed by atoms with Crippen molar-refractivity contribution in [1.29, 1.82) is 0 Å². The van der Waals surface area contributed by atoms with Crippen LogP contribution in [-0.4, -0.2) is 53.3 Å². The van der Waals surface area contributed by atoms with Crippen LogP contribution in [0.5, 0.6) is 0 Å². The number of nitrogens with one attached hydrogen (secondary N) is 2. The van der Waals surface area contributed by atoms with E-state index in [-0.39, 0.29) is 0 Å². The quantitative estimate of drug-likeness (QED) is 0.822. The Kier molecular flexibility index (Phi) is 3.63. The van der Waals surface area contributed by atoms with E-state index < -0.39 is 0 Å². The molecule has 2 aliphatic heterocycles. The number of morpholine rings is 1. The van der Waals surface area contributed by atoms with Crippen molar-refractivity contribution in [2.45, 2.75) is 38.4 Å². The zero-order valence-electron chi connectivity index (χ0n) is 11.0. The monoisotopic (exact) mass is 250 g/mol. The molecule has 0 spiro atoms. The molecule has 18 heavy (non-hydrogen) atoms. The van der Waals surface area contributed by atoms with Crippen molar-refractivity contribution < 1.29 is 4.74 Å². The minimum atomic E-state index is 0.521. The van der Waals surface area contributed by atoms with Gasteiger partial charge in [-0.3, -0.25) is 4.90 Å². The molecule has 3 heterocycles. The maximum atomic E-state index is 5.56. The minimum absolute atomic E-state index is 0.521. The fourth-order valence-electron chi connectivity index (χ4n) is 2.95. The van der Waals surface area contributed by atoms with E-state index in [1.807, 2.05) is 0 Å². The van der Waals surface area contributed by atoms with E-state index in [1.54, 1.807) is 6.33 Å². The van der Waals surface area contributed by atoms with Crippen LogP contribution in [-0.2, 0) is 17.7 Å². The molecule has 2 aliphatic rings. The molecule has 1 aromatic heterocycles. The standard InChI is InChI=1S/C13H22N4O/c1-2-11-8-18-4-3-17(11)7-10-5-12-13(6-14-10)16-9-15-12/h9-11,14H,2-8H2,1H3,(H,15,16). The molecule has 5 heteroatoms. The van der Waals surface area contributed by atoms with Gasteiger partial charge in [0, 0.05) is 38.1 Å². The van der Waals surface area contributed by atoms with Crippen LogP contribution in [0.4, 0.5) is 0 Å². The number of H-pyrrole nitrogens is 1. The summed E-state index contributed by atoms with van der Waals surface area (Å²) in [6.07, 6.45) is 4.01. The Morgan fingerprint density at radius 1 is 1.56 bits per heavy atom. The van der Waals surface area contributed by atoms with Gasteiger partial charge in [0.15, 0.2) is 0 Å². The molecule has 1 saturated heterocycles. The second kappa shape index (κ2) is 5.38. The average molecular weight is 250 g/mol. The maximum Gasteiger partial charge on any atom is 0.0925 e. The van der Waals surface area contributed by atoms with E-state index in [0.717, 1.165) is 39.3 Å². The van der Waals surface area contributed by atoms with Crippen LogP contribution in [0.1, 0.15) is 24.7 Å². The van der Waals surface area contributed by atoms with Crippen LogP contribution >= 0.6 is 0 Å². The summed E-state index contributed by atoms with van der Waals surface area (Å²) in [5.74, 6) is 0. The zero-order chi connectivity index (χ0) is 12.4. The number of nitrogens with zero attached hydrogens (tertiary/aromatic N) is 2. The summed E-state index contributed by atoms with van der Waals surface area (Å²) >= 11 is 0. The Hall–Kier alpha value is -0.910. The zero-order valence-corrected chi connectivity index (χ0v) is 11.0. The molecule has 0 amide bonds. The lowest BCUT2D eigenvalue weighted by Gasteiger charge is -2.38. The highest BCUT2D eigenvalue weighted by Gasteiger charge is 2.27. The number of hydrogen-bond acceptors (Lipinski definition) is 4. The van der Waals surface area contributed by atoms with Gasteiger partial charge in [-0.15, -0.1) is 0 Å². The van der Waals surface area contributed by atoms with Gasteiger partial charge in [0.25, 0.3) is 0 Å². The fraction of sp³-hybridized carbons (Fsp3) is 0.769. The number of ether oxygens (including phenoxy) is 1. The Morgan fingerprint density at radius 2 is 2.50 bits per heavy atom. The van der Waals surface area contributed by atoms with Crippen molar-refractivity contribution >= 4 is 0 Å². The van der Waals surface area contributed by atoms with Crippen molar-refractivity contribution in [3.63, 3.8) is 0 Å². The van der Waals surface area contributed by atoms with Gasteiger partial charge >= 0.3 is 0 Å². The van der Waals surface area contributed by atoms with E-state index in [4.69, 9.17) is 4.74 Å². The van der Waals surface area contributed by atoms with Crippen LogP contribution in [0.2, 0.25) is 0 Å². The van der Waals surface area contributed by atoms with Gasteiger partial charge in [-0.25, -0.2) is 4.98 Å². The van der Waals surface area contributed by atoms with Crippen LogP contribution in [0.3, 0.4) is 0 Å². The van der Waals surface area contributed by atoms with Crippen LogP contribution in [0.15, 0.2) is 6.33 Å². The van der Waals surface area contributed by atoms with Crippen molar-refractivity contribution in [3.05, 3.63) is 17.7 Å². The lowest BCUT2D eigenvalue weighted by Crippen LogP contribution is -2.52. The van der Waals surface area contributed by atoms with Gasteiger partial charge in [0.05, 0.1) is 30.9 Å². The normalized spacial score (nSPS) is 29.2. The number of aromatic amines is 1. The molecule has 5 nitrogen and oxygen atoms in total. The number of fused-ring (bicyclic) bond motifs is 1. The second-order valence-electron chi connectivity index (χ2n) is 5.24. The number of hydrogen-bond donors (Lipinski definition) is 2. The van der Waals surface area contributed by atoms with Crippen molar-refractivity contribution in [2.75, 3.05) is 26.3 Å². The lowest BCUT2D eigenvalue weighted by atomic mass is 10.0. The molecule has 0 aromatic carbocycles. The summed E-state index contributed by atoms with van der Waals surface area (Å²) < 4.78 is 5.56. The molecule has 0 bridgehead atoms. The predicted molar refractivity (Wildman–Crippen MR) is 69.4 cm³/mol. The van der Waals surface area contributed by atoms with Gasteiger partial charge in [-0.05, 0) is 6.42 Å². The van der Waals surface area contributed by atoms with Gasteiger partial charge in [-0.1, -0.05) is 6.92 Å². The number of rotatable bonds is 3. The SMILES string of the molecule is CCC1COCCN1CC1Cc2nc[nH]c2CN1. The maximum absolute atomic E-state index is 5.56. The molecule has 1 aromatic rings. The average Bonchev–Trinajstić information content (AvgIpc) is 2.87. The third-order valence-electron chi connectivity index (χ3n) is 4.09.